The van der Waals surface area contributed by atoms with Crippen LogP contribution in [0.5, 0.6) is 0 Å². The van der Waals surface area contributed by atoms with Gasteiger partial charge >= 0.3 is 0 Å². The lowest BCUT2D eigenvalue weighted by Crippen LogP contribution is -2.47. The van der Waals surface area contributed by atoms with Gasteiger partial charge in [0, 0.05) is 6.54 Å². The zero-order chi connectivity index (χ0) is 11.9. The highest BCUT2D eigenvalue weighted by Gasteiger charge is 2.17. The maximum absolute atomic E-state index is 5.69. The van der Waals surface area contributed by atoms with Gasteiger partial charge in [-0.1, -0.05) is 37.3 Å². The van der Waals surface area contributed by atoms with Crippen molar-refractivity contribution < 1.29 is 9.47 Å². The Morgan fingerprint density at radius 2 is 2.12 bits per heavy atom. The highest BCUT2D eigenvalue weighted by atomic mass is 16.5. The van der Waals surface area contributed by atoms with E-state index in [1.165, 1.54) is 5.56 Å². The Morgan fingerprint density at radius 3 is 2.76 bits per heavy atom. The van der Waals surface area contributed by atoms with Crippen molar-refractivity contribution in [2.24, 2.45) is 5.92 Å². The second-order valence-corrected chi connectivity index (χ2v) is 4.75. The van der Waals surface area contributed by atoms with E-state index in [1.807, 2.05) is 18.2 Å². The van der Waals surface area contributed by atoms with Gasteiger partial charge in [-0.05, 0) is 11.5 Å². The second kappa shape index (κ2) is 6.74. The van der Waals surface area contributed by atoms with Crippen LogP contribution in [0.25, 0.3) is 0 Å². The van der Waals surface area contributed by atoms with Crippen LogP contribution < -0.4 is 5.32 Å². The molecular formula is C14H21NO2. The molecule has 1 heterocycles. The predicted molar refractivity (Wildman–Crippen MR) is 67.9 cm³/mol. The molecule has 0 saturated carbocycles. The molecule has 3 nitrogen and oxygen atoms in total. The average molecular weight is 235 g/mol. The van der Waals surface area contributed by atoms with Crippen molar-refractivity contribution in [3.63, 3.8) is 0 Å². The van der Waals surface area contributed by atoms with Crippen molar-refractivity contribution in [2.45, 2.75) is 19.6 Å². The summed E-state index contributed by atoms with van der Waals surface area (Å²) in [5.41, 5.74) is 1.24. The van der Waals surface area contributed by atoms with Gasteiger partial charge in [-0.15, -0.1) is 0 Å². The van der Waals surface area contributed by atoms with E-state index in [4.69, 9.17) is 9.47 Å². The van der Waals surface area contributed by atoms with Crippen LogP contribution in [0, 0.1) is 5.92 Å². The largest absolute Gasteiger partial charge is 0.378 e. The zero-order valence-corrected chi connectivity index (χ0v) is 10.4. The fraction of sp³-hybridized carbons (Fsp3) is 0.571. The van der Waals surface area contributed by atoms with Crippen LogP contribution in [0.2, 0.25) is 0 Å². The normalized spacial score (nSPS) is 17.7. The van der Waals surface area contributed by atoms with Crippen LogP contribution in [-0.4, -0.2) is 32.4 Å². The maximum atomic E-state index is 5.69. The smallest absolute Gasteiger partial charge is 0.0717 e. The molecule has 0 bridgehead atoms. The van der Waals surface area contributed by atoms with Crippen molar-refractivity contribution in [3.8, 4) is 0 Å². The highest BCUT2D eigenvalue weighted by Crippen LogP contribution is 2.04. The van der Waals surface area contributed by atoms with E-state index in [0.29, 0.717) is 18.6 Å². The molecule has 2 rings (SSSR count). The van der Waals surface area contributed by atoms with E-state index >= 15 is 0 Å². The average Bonchev–Trinajstić information content (AvgIpc) is 2.28. The fourth-order valence-electron chi connectivity index (χ4n) is 1.73. The van der Waals surface area contributed by atoms with E-state index in [-0.39, 0.29) is 0 Å². The standard InChI is InChI=1S/C14H21NO2/c1-12(7-15-14-10-17-11-14)8-16-9-13-5-3-2-4-6-13/h2-6,12,14-15H,7-11H2,1H3. The molecule has 0 spiro atoms. The minimum atomic E-state index is 0.541. The van der Waals surface area contributed by atoms with Crippen molar-refractivity contribution in [1.29, 1.82) is 0 Å². The number of hydrogen-bond donors (Lipinski definition) is 1. The molecule has 0 radical (unpaired) electrons. The van der Waals surface area contributed by atoms with E-state index in [1.54, 1.807) is 0 Å². The highest BCUT2D eigenvalue weighted by molar-refractivity contribution is 5.13. The Balaban J connectivity index is 1.54. The molecule has 17 heavy (non-hydrogen) atoms. The third kappa shape index (κ3) is 4.46. The lowest BCUT2D eigenvalue weighted by molar-refractivity contribution is -0.00845. The Morgan fingerprint density at radius 1 is 1.35 bits per heavy atom. The van der Waals surface area contributed by atoms with E-state index in [9.17, 15) is 0 Å². The molecule has 1 aliphatic rings. The van der Waals surface area contributed by atoms with Gasteiger partial charge in [0.1, 0.15) is 0 Å². The van der Waals surface area contributed by atoms with Gasteiger partial charge in [-0.2, -0.15) is 0 Å². The molecule has 0 aliphatic carbocycles. The third-order valence-corrected chi connectivity index (χ3v) is 2.91. The molecule has 0 aromatic heterocycles. The van der Waals surface area contributed by atoms with Crippen LogP contribution >= 0.6 is 0 Å². The van der Waals surface area contributed by atoms with Crippen LogP contribution in [-0.2, 0) is 16.1 Å². The molecule has 1 saturated heterocycles. The van der Waals surface area contributed by atoms with Crippen LogP contribution in [0.3, 0.4) is 0 Å². The Bertz CT molecular complexity index is 311. The lowest BCUT2D eigenvalue weighted by atomic mass is 10.1. The molecule has 1 aromatic carbocycles. The van der Waals surface area contributed by atoms with E-state index in [0.717, 1.165) is 26.4 Å². The molecule has 1 atom stereocenters. The van der Waals surface area contributed by atoms with Crippen LogP contribution in [0.1, 0.15) is 12.5 Å². The summed E-state index contributed by atoms with van der Waals surface area (Å²) in [6, 6.07) is 10.9. The quantitative estimate of drug-likeness (QED) is 0.782. The summed E-state index contributed by atoms with van der Waals surface area (Å²) in [6.07, 6.45) is 0. The molecular weight excluding hydrogens is 214 g/mol. The summed E-state index contributed by atoms with van der Waals surface area (Å²) in [4.78, 5) is 0. The minimum absolute atomic E-state index is 0.541. The first-order chi connectivity index (χ1) is 8.34. The van der Waals surface area contributed by atoms with E-state index < -0.39 is 0 Å². The number of benzene rings is 1. The summed E-state index contributed by atoms with van der Waals surface area (Å²) in [7, 11) is 0. The van der Waals surface area contributed by atoms with Crippen molar-refractivity contribution >= 4 is 0 Å². The first-order valence-corrected chi connectivity index (χ1v) is 6.27. The maximum Gasteiger partial charge on any atom is 0.0717 e. The Kier molecular flexibility index (Phi) is 4.98. The molecule has 94 valence electrons. The van der Waals surface area contributed by atoms with Gasteiger partial charge in [0.25, 0.3) is 0 Å². The fourth-order valence-corrected chi connectivity index (χ4v) is 1.73. The van der Waals surface area contributed by atoms with E-state index in [2.05, 4.69) is 24.4 Å². The van der Waals surface area contributed by atoms with Crippen molar-refractivity contribution in [1.82, 2.24) is 5.32 Å². The first kappa shape index (κ1) is 12.6. The summed E-state index contributed by atoms with van der Waals surface area (Å²) in [5, 5.41) is 3.46. The zero-order valence-electron chi connectivity index (χ0n) is 10.4. The molecule has 1 aliphatic heterocycles. The Labute approximate surface area is 103 Å². The summed E-state index contributed by atoms with van der Waals surface area (Å²) in [5.74, 6) is 0.541. The van der Waals surface area contributed by atoms with Gasteiger partial charge in [-0.3, -0.25) is 0 Å². The minimum Gasteiger partial charge on any atom is -0.378 e. The molecule has 1 aromatic rings. The summed E-state index contributed by atoms with van der Waals surface area (Å²) >= 11 is 0. The first-order valence-electron chi connectivity index (χ1n) is 6.27. The monoisotopic (exact) mass is 235 g/mol. The SMILES string of the molecule is CC(CNC1COC1)COCc1ccccc1. The predicted octanol–water partition coefficient (Wildman–Crippen LogP) is 1.83. The summed E-state index contributed by atoms with van der Waals surface area (Å²) in [6.45, 7) is 6.43. The lowest BCUT2D eigenvalue weighted by Gasteiger charge is -2.28. The number of nitrogens with one attached hydrogen (secondary N) is 1. The van der Waals surface area contributed by atoms with Crippen molar-refractivity contribution in [3.05, 3.63) is 35.9 Å². The summed E-state index contributed by atoms with van der Waals surface area (Å²) < 4.78 is 10.8. The molecule has 3 heteroatoms. The molecule has 1 unspecified atom stereocenters. The number of hydrogen-bond acceptors (Lipinski definition) is 3. The number of ether oxygens (including phenoxy) is 2. The van der Waals surface area contributed by atoms with Gasteiger partial charge in [0.05, 0.1) is 32.5 Å². The van der Waals surface area contributed by atoms with Gasteiger partial charge in [0.15, 0.2) is 0 Å². The molecule has 1 fully saturated rings. The van der Waals surface area contributed by atoms with Gasteiger partial charge < -0.3 is 14.8 Å². The Hall–Kier alpha value is -0.900. The van der Waals surface area contributed by atoms with Crippen molar-refractivity contribution in [2.75, 3.05) is 26.4 Å². The van der Waals surface area contributed by atoms with Gasteiger partial charge in [0.2, 0.25) is 0 Å². The number of rotatable bonds is 7. The molecule has 1 N–H and O–H groups in total. The molecule has 0 amide bonds. The van der Waals surface area contributed by atoms with Gasteiger partial charge in [-0.25, -0.2) is 0 Å². The topological polar surface area (TPSA) is 30.5 Å². The third-order valence-electron chi connectivity index (χ3n) is 2.91. The second-order valence-electron chi connectivity index (χ2n) is 4.75. The van der Waals surface area contributed by atoms with Crippen LogP contribution in [0.4, 0.5) is 0 Å². The van der Waals surface area contributed by atoms with Crippen LogP contribution in [0.15, 0.2) is 30.3 Å².